The summed E-state index contributed by atoms with van der Waals surface area (Å²) in [4.78, 5) is 1.07. The molecule has 72 valence electrons. The molecule has 0 saturated heterocycles. The summed E-state index contributed by atoms with van der Waals surface area (Å²) in [5.74, 6) is 0. The van der Waals surface area contributed by atoms with Crippen molar-refractivity contribution in [2.24, 2.45) is 0 Å². The molecule has 1 aliphatic carbocycles. The Morgan fingerprint density at radius 2 is 2.46 bits per heavy atom. The van der Waals surface area contributed by atoms with Gasteiger partial charge in [0.2, 0.25) is 0 Å². The van der Waals surface area contributed by atoms with Crippen molar-refractivity contribution in [3.63, 3.8) is 0 Å². The van der Waals surface area contributed by atoms with E-state index in [-0.39, 0.29) is 6.10 Å². The summed E-state index contributed by atoms with van der Waals surface area (Å²) in [7, 11) is 0. The third-order valence-corrected chi connectivity index (χ3v) is 3.58. The molecule has 1 aliphatic rings. The Morgan fingerprint density at radius 3 is 3.00 bits per heavy atom. The number of ether oxygens (including phenoxy) is 1. The molecule has 0 amide bonds. The quantitative estimate of drug-likeness (QED) is 0.806. The average Bonchev–Trinajstić information content (AvgIpc) is 2.53. The van der Waals surface area contributed by atoms with Crippen molar-refractivity contribution >= 4 is 11.3 Å². The summed E-state index contributed by atoms with van der Waals surface area (Å²) < 4.78 is 5.42. The van der Waals surface area contributed by atoms with Gasteiger partial charge in [0.15, 0.2) is 0 Å². The van der Waals surface area contributed by atoms with Crippen LogP contribution in [0.25, 0.3) is 0 Å². The van der Waals surface area contributed by atoms with Crippen molar-refractivity contribution in [2.75, 3.05) is 6.61 Å². The van der Waals surface area contributed by atoms with Crippen molar-refractivity contribution in [1.82, 2.24) is 0 Å². The highest BCUT2D eigenvalue weighted by atomic mass is 32.1. The molecular formula is C10H14O2S. The van der Waals surface area contributed by atoms with Gasteiger partial charge < -0.3 is 9.84 Å². The van der Waals surface area contributed by atoms with Crippen LogP contribution in [-0.4, -0.2) is 17.8 Å². The van der Waals surface area contributed by atoms with Crippen molar-refractivity contribution in [1.29, 1.82) is 0 Å². The van der Waals surface area contributed by atoms with Crippen molar-refractivity contribution in [3.05, 3.63) is 22.4 Å². The topological polar surface area (TPSA) is 29.5 Å². The second-order valence-corrected chi connectivity index (χ2v) is 4.44. The van der Waals surface area contributed by atoms with E-state index in [1.807, 2.05) is 24.4 Å². The van der Waals surface area contributed by atoms with Crippen LogP contribution in [0, 0.1) is 0 Å². The molecule has 1 fully saturated rings. The minimum absolute atomic E-state index is 0.261. The second-order valence-electron chi connectivity index (χ2n) is 3.49. The zero-order valence-corrected chi connectivity index (χ0v) is 8.51. The van der Waals surface area contributed by atoms with E-state index in [2.05, 4.69) is 0 Å². The molecule has 2 nitrogen and oxygen atoms in total. The molecule has 1 aromatic rings. The lowest BCUT2D eigenvalue weighted by Gasteiger charge is -2.42. The van der Waals surface area contributed by atoms with E-state index < -0.39 is 5.60 Å². The van der Waals surface area contributed by atoms with Gasteiger partial charge >= 0.3 is 0 Å². The van der Waals surface area contributed by atoms with E-state index in [9.17, 15) is 5.11 Å². The highest BCUT2D eigenvalue weighted by molar-refractivity contribution is 7.10. The smallest absolute Gasteiger partial charge is 0.104 e. The maximum atomic E-state index is 10.1. The number of hydrogen-bond donors (Lipinski definition) is 1. The summed E-state index contributed by atoms with van der Waals surface area (Å²) in [5, 5.41) is 12.1. The van der Waals surface area contributed by atoms with Gasteiger partial charge in [-0.25, -0.2) is 0 Å². The Bertz CT molecular complexity index is 262. The van der Waals surface area contributed by atoms with Crippen LogP contribution in [0.15, 0.2) is 17.5 Å². The van der Waals surface area contributed by atoms with Crippen LogP contribution in [0.2, 0.25) is 0 Å². The minimum atomic E-state index is -0.589. The fraction of sp³-hybridized carbons (Fsp3) is 0.600. The molecular weight excluding hydrogens is 184 g/mol. The lowest BCUT2D eigenvalue weighted by molar-refractivity contribution is -0.140. The average molecular weight is 198 g/mol. The lowest BCUT2D eigenvalue weighted by Crippen LogP contribution is -2.45. The second kappa shape index (κ2) is 3.40. The first-order valence-corrected chi connectivity index (χ1v) is 5.50. The van der Waals surface area contributed by atoms with Crippen LogP contribution in [0.4, 0.5) is 0 Å². The van der Waals surface area contributed by atoms with E-state index in [0.717, 1.165) is 24.3 Å². The van der Waals surface area contributed by atoms with E-state index in [1.165, 1.54) is 0 Å². The molecule has 0 bridgehead atoms. The first-order valence-electron chi connectivity index (χ1n) is 4.62. The zero-order chi connectivity index (χ0) is 9.31. The monoisotopic (exact) mass is 198 g/mol. The molecule has 1 saturated carbocycles. The molecule has 1 heterocycles. The zero-order valence-electron chi connectivity index (χ0n) is 7.69. The minimum Gasteiger partial charge on any atom is -0.384 e. The normalized spacial score (nSPS) is 32.9. The number of aliphatic hydroxyl groups is 1. The van der Waals surface area contributed by atoms with E-state index in [0.29, 0.717) is 0 Å². The highest BCUT2D eigenvalue weighted by Gasteiger charge is 2.45. The van der Waals surface area contributed by atoms with Crippen molar-refractivity contribution < 1.29 is 9.84 Å². The summed E-state index contributed by atoms with van der Waals surface area (Å²) in [6.45, 7) is 2.73. The third-order valence-electron chi connectivity index (χ3n) is 2.51. The first-order chi connectivity index (χ1) is 6.24. The van der Waals surface area contributed by atoms with Crippen LogP contribution in [-0.2, 0) is 10.3 Å². The molecule has 1 N–H and O–H groups in total. The Labute approximate surface area is 82.2 Å². The molecule has 0 aromatic carbocycles. The van der Waals surface area contributed by atoms with Gasteiger partial charge in [-0.1, -0.05) is 6.07 Å². The van der Waals surface area contributed by atoms with Gasteiger partial charge in [-0.15, -0.1) is 11.3 Å². The predicted molar refractivity (Wildman–Crippen MR) is 52.9 cm³/mol. The summed E-state index contributed by atoms with van der Waals surface area (Å²) >= 11 is 1.62. The molecule has 0 unspecified atom stereocenters. The van der Waals surface area contributed by atoms with Gasteiger partial charge in [-0.3, -0.25) is 0 Å². The molecule has 0 atom stereocenters. The standard InChI is InChI=1S/C10H14O2S/c1-2-12-8-6-10(11,7-8)9-4-3-5-13-9/h3-5,8,11H,2,6-7H2,1H3. The van der Waals surface area contributed by atoms with E-state index in [1.54, 1.807) is 11.3 Å². The summed E-state index contributed by atoms with van der Waals surface area (Å²) in [6, 6.07) is 3.97. The largest absolute Gasteiger partial charge is 0.384 e. The predicted octanol–water partition coefficient (Wildman–Crippen LogP) is 2.13. The van der Waals surface area contributed by atoms with Crippen LogP contribution >= 0.6 is 11.3 Å². The Kier molecular flexibility index (Phi) is 2.41. The Hall–Kier alpha value is -0.380. The maximum Gasteiger partial charge on any atom is 0.104 e. The van der Waals surface area contributed by atoms with Crippen LogP contribution in [0.3, 0.4) is 0 Å². The molecule has 0 spiro atoms. The molecule has 0 aliphatic heterocycles. The molecule has 3 heteroatoms. The van der Waals surface area contributed by atoms with Gasteiger partial charge in [-0.2, -0.15) is 0 Å². The fourth-order valence-electron chi connectivity index (χ4n) is 1.79. The van der Waals surface area contributed by atoms with Gasteiger partial charge in [0, 0.05) is 24.3 Å². The van der Waals surface area contributed by atoms with E-state index in [4.69, 9.17) is 4.74 Å². The summed E-state index contributed by atoms with van der Waals surface area (Å²) in [6.07, 6.45) is 1.76. The number of hydrogen-bond acceptors (Lipinski definition) is 3. The number of rotatable bonds is 3. The van der Waals surface area contributed by atoms with Gasteiger partial charge in [0.05, 0.1) is 6.10 Å². The number of thiophene rings is 1. The SMILES string of the molecule is CCOC1CC(O)(c2cccs2)C1. The van der Waals surface area contributed by atoms with Crippen molar-refractivity contribution in [2.45, 2.75) is 31.5 Å². The lowest BCUT2D eigenvalue weighted by atomic mass is 9.76. The molecule has 13 heavy (non-hydrogen) atoms. The third kappa shape index (κ3) is 1.64. The van der Waals surface area contributed by atoms with Gasteiger partial charge in [0.1, 0.15) is 5.60 Å². The van der Waals surface area contributed by atoms with Gasteiger partial charge in [-0.05, 0) is 18.4 Å². The first kappa shape index (κ1) is 9.19. The Balaban J connectivity index is 1.96. The van der Waals surface area contributed by atoms with Crippen LogP contribution < -0.4 is 0 Å². The van der Waals surface area contributed by atoms with E-state index >= 15 is 0 Å². The molecule has 2 rings (SSSR count). The molecule has 1 aromatic heterocycles. The van der Waals surface area contributed by atoms with Gasteiger partial charge in [0.25, 0.3) is 0 Å². The summed E-state index contributed by atoms with van der Waals surface area (Å²) in [5.41, 5.74) is -0.589. The maximum absolute atomic E-state index is 10.1. The van der Waals surface area contributed by atoms with Crippen LogP contribution in [0.1, 0.15) is 24.6 Å². The molecule has 0 radical (unpaired) electrons. The fourth-order valence-corrected chi connectivity index (χ4v) is 2.64. The highest BCUT2D eigenvalue weighted by Crippen LogP contribution is 2.44. The van der Waals surface area contributed by atoms with Crippen LogP contribution in [0.5, 0.6) is 0 Å². The van der Waals surface area contributed by atoms with Crippen molar-refractivity contribution in [3.8, 4) is 0 Å². The Morgan fingerprint density at radius 1 is 1.69 bits per heavy atom.